The zero-order valence-corrected chi connectivity index (χ0v) is 12.7. The molecule has 1 aliphatic rings. The van der Waals surface area contributed by atoms with Crippen LogP contribution in [0.5, 0.6) is 0 Å². The maximum atomic E-state index is 12.4. The van der Waals surface area contributed by atoms with Gasteiger partial charge in [-0.1, -0.05) is 34.1 Å². The van der Waals surface area contributed by atoms with Crippen LogP contribution in [0.4, 0.5) is 5.69 Å². The highest BCUT2D eigenvalue weighted by molar-refractivity contribution is 9.10. The quantitative estimate of drug-likeness (QED) is 0.912. The number of hydrogen-bond donors (Lipinski definition) is 1. The minimum atomic E-state index is -0.631. The average molecular weight is 342 g/mol. The number of nitrogens with two attached hydrogens (primary N) is 1. The number of anilines is 1. The van der Waals surface area contributed by atoms with Crippen molar-refractivity contribution in [3.8, 4) is 6.07 Å². The van der Waals surface area contributed by atoms with Gasteiger partial charge in [0.25, 0.3) is 0 Å². The number of nitriles is 1. The third-order valence-electron chi connectivity index (χ3n) is 3.59. The molecule has 21 heavy (non-hydrogen) atoms. The number of carbonyl (C=O) groups excluding carboxylic acids is 1. The van der Waals surface area contributed by atoms with Crippen molar-refractivity contribution in [1.29, 1.82) is 5.26 Å². The molecule has 104 valence electrons. The summed E-state index contributed by atoms with van der Waals surface area (Å²) in [6.07, 6.45) is 0. The van der Waals surface area contributed by atoms with E-state index in [9.17, 15) is 4.79 Å². The molecule has 0 aromatic heterocycles. The normalized spacial score (nSPS) is 16.7. The van der Waals surface area contributed by atoms with Gasteiger partial charge in [-0.25, -0.2) is 0 Å². The monoisotopic (exact) mass is 341 g/mol. The zero-order chi connectivity index (χ0) is 15.0. The Labute approximate surface area is 130 Å². The minimum absolute atomic E-state index is 0.110. The van der Waals surface area contributed by atoms with Crippen molar-refractivity contribution in [2.24, 2.45) is 5.73 Å². The summed E-state index contributed by atoms with van der Waals surface area (Å²) in [6, 6.07) is 14.3. The Balaban J connectivity index is 1.95. The number of hydrogen-bond acceptors (Lipinski definition) is 3. The predicted molar refractivity (Wildman–Crippen MR) is 83.4 cm³/mol. The lowest BCUT2D eigenvalue weighted by Gasteiger charge is -2.17. The van der Waals surface area contributed by atoms with E-state index in [1.165, 1.54) is 0 Å². The highest BCUT2D eigenvalue weighted by Gasteiger charge is 2.36. The van der Waals surface area contributed by atoms with Crippen LogP contribution in [-0.2, 0) is 11.3 Å². The zero-order valence-electron chi connectivity index (χ0n) is 11.1. The second-order valence-corrected chi connectivity index (χ2v) is 5.74. The van der Waals surface area contributed by atoms with Crippen molar-refractivity contribution < 1.29 is 4.79 Å². The van der Waals surface area contributed by atoms with Gasteiger partial charge in [-0.05, 0) is 29.8 Å². The topological polar surface area (TPSA) is 70.1 Å². The molecular formula is C16H12BrN3O. The summed E-state index contributed by atoms with van der Waals surface area (Å²) >= 11 is 3.45. The van der Waals surface area contributed by atoms with Crippen LogP contribution in [-0.4, -0.2) is 5.91 Å². The molecule has 2 aromatic carbocycles. The third-order valence-corrected chi connectivity index (χ3v) is 4.28. The van der Waals surface area contributed by atoms with Gasteiger partial charge in [-0.3, -0.25) is 4.79 Å². The molecule has 4 nitrogen and oxygen atoms in total. The lowest BCUT2D eigenvalue weighted by molar-refractivity contribution is -0.119. The molecule has 1 heterocycles. The fraction of sp³-hybridized carbons (Fsp3) is 0.125. The van der Waals surface area contributed by atoms with Crippen LogP contribution in [0.3, 0.4) is 0 Å². The summed E-state index contributed by atoms with van der Waals surface area (Å²) in [5.74, 6) is -0.110. The van der Waals surface area contributed by atoms with Crippen molar-refractivity contribution in [2.75, 3.05) is 4.90 Å². The molecule has 0 aliphatic carbocycles. The summed E-state index contributed by atoms with van der Waals surface area (Å²) in [4.78, 5) is 14.1. The molecule has 0 spiro atoms. The molecule has 1 unspecified atom stereocenters. The van der Waals surface area contributed by atoms with E-state index < -0.39 is 6.04 Å². The summed E-state index contributed by atoms with van der Waals surface area (Å²) < 4.78 is 0.850. The first-order valence-corrected chi connectivity index (χ1v) is 7.25. The summed E-state index contributed by atoms with van der Waals surface area (Å²) in [6.45, 7) is 0.446. The summed E-state index contributed by atoms with van der Waals surface area (Å²) in [5.41, 5.74) is 9.25. The number of fused-ring (bicyclic) bond motifs is 1. The Morgan fingerprint density at radius 2 is 1.95 bits per heavy atom. The van der Waals surface area contributed by atoms with E-state index in [4.69, 9.17) is 11.0 Å². The van der Waals surface area contributed by atoms with E-state index in [-0.39, 0.29) is 5.91 Å². The van der Waals surface area contributed by atoms with E-state index >= 15 is 0 Å². The molecular weight excluding hydrogens is 330 g/mol. The maximum absolute atomic E-state index is 12.4. The fourth-order valence-corrected chi connectivity index (χ4v) is 3.11. The standard InChI is InChI=1S/C16H12BrN3O/c17-12-2-1-3-13-14(12)15(19)16(21)20(13)9-11-6-4-10(8-18)5-7-11/h1-7,15H,9,19H2. The molecule has 0 saturated heterocycles. The predicted octanol–water partition coefficient (Wildman–Crippen LogP) is 2.87. The largest absolute Gasteiger partial charge is 0.316 e. The third kappa shape index (κ3) is 2.33. The number of carbonyl (C=O) groups is 1. The van der Waals surface area contributed by atoms with Crippen molar-refractivity contribution in [1.82, 2.24) is 0 Å². The number of amides is 1. The molecule has 1 atom stereocenters. The number of halogens is 1. The highest BCUT2D eigenvalue weighted by Crippen LogP contribution is 2.39. The Hall–Kier alpha value is -2.16. The van der Waals surface area contributed by atoms with E-state index in [2.05, 4.69) is 22.0 Å². The van der Waals surface area contributed by atoms with Crippen LogP contribution >= 0.6 is 15.9 Å². The van der Waals surface area contributed by atoms with Gasteiger partial charge in [0.15, 0.2) is 0 Å². The van der Waals surface area contributed by atoms with E-state index in [1.54, 1.807) is 17.0 Å². The van der Waals surface area contributed by atoms with Gasteiger partial charge in [0, 0.05) is 10.0 Å². The lowest BCUT2D eigenvalue weighted by atomic mass is 10.1. The van der Waals surface area contributed by atoms with Gasteiger partial charge < -0.3 is 10.6 Å². The Bertz CT molecular complexity index is 749. The molecule has 2 aromatic rings. The molecule has 3 rings (SSSR count). The van der Waals surface area contributed by atoms with E-state index in [0.717, 1.165) is 21.3 Å². The molecule has 0 bridgehead atoms. The first-order valence-electron chi connectivity index (χ1n) is 6.46. The molecule has 5 heteroatoms. The molecule has 1 aliphatic heterocycles. The number of nitrogens with zero attached hydrogens (tertiary/aromatic N) is 2. The first-order chi connectivity index (χ1) is 10.1. The van der Waals surface area contributed by atoms with Crippen LogP contribution < -0.4 is 10.6 Å². The van der Waals surface area contributed by atoms with E-state index in [1.807, 2.05) is 30.3 Å². The molecule has 0 saturated carbocycles. The Kier molecular flexibility index (Phi) is 3.50. The second-order valence-electron chi connectivity index (χ2n) is 4.88. The van der Waals surface area contributed by atoms with Crippen LogP contribution in [0.25, 0.3) is 0 Å². The summed E-state index contributed by atoms with van der Waals surface area (Å²) in [7, 11) is 0. The van der Waals surface area contributed by atoms with Gasteiger partial charge >= 0.3 is 0 Å². The molecule has 0 radical (unpaired) electrons. The van der Waals surface area contributed by atoms with Gasteiger partial charge in [-0.15, -0.1) is 0 Å². The number of benzene rings is 2. The van der Waals surface area contributed by atoms with E-state index in [0.29, 0.717) is 12.1 Å². The van der Waals surface area contributed by atoms with Crippen LogP contribution in [0.1, 0.15) is 22.7 Å². The highest BCUT2D eigenvalue weighted by atomic mass is 79.9. The average Bonchev–Trinajstić information content (AvgIpc) is 2.74. The van der Waals surface area contributed by atoms with Crippen molar-refractivity contribution in [3.05, 3.63) is 63.6 Å². The molecule has 1 amide bonds. The fourth-order valence-electron chi connectivity index (χ4n) is 2.51. The van der Waals surface area contributed by atoms with Gasteiger partial charge in [-0.2, -0.15) is 5.26 Å². The van der Waals surface area contributed by atoms with Crippen LogP contribution in [0.15, 0.2) is 46.9 Å². The number of rotatable bonds is 2. The van der Waals surface area contributed by atoms with Crippen molar-refractivity contribution in [3.63, 3.8) is 0 Å². The molecule has 2 N–H and O–H groups in total. The second kappa shape index (κ2) is 5.32. The first kappa shape index (κ1) is 13.8. The molecule has 0 fully saturated rings. The van der Waals surface area contributed by atoms with Gasteiger partial charge in [0.05, 0.1) is 23.9 Å². The Morgan fingerprint density at radius 1 is 1.24 bits per heavy atom. The Morgan fingerprint density at radius 3 is 2.62 bits per heavy atom. The van der Waals surface area contributed by atoms with Crippen LogP contribution in [0.2, 0.25) is 0 Å². The smallest absolute Gasteiger partial charge is 0.248 e. The van der Waals surface area contributed by atoms with Crippen LogP contribution in [0, 0.1) is 11.3 Å². The SMILES string of the molecule is N#Cc1ccc(CN2C(=O)C(N)c3c(Br)cccc32)cc1. The van der Waals surface area contributed by atoms with Crippen molar-refractivity contribution in [2.45, 2.75) is 12.6 Å². The van der Waals surface area contributed by atoms with Gasteiger partial charge in [0.2, 0.25) is 5.91 Å². The summed E-state index contributed by atoms with van der Waals surface area (Å²) in [5, 5.41) is 8.81. The minimum Gasteiger partial charge on any atom is -0.316 e. The lowest BCUT2D eigenvalue weighted by Crippen LogP contribution is -2.31. The van der Waals surface area contributed by atoms with Crippen molar-refractivity contribution >= 4 is 27.5 Å². The maximum Gasteiger partial charge on any atom is 0.248 e. The van der Waals surface area contributed by atoms with Gasteiger partial charge in [0.1, 0.15) is 6.04 Å².